The number of ether oxygens (including phenoxy) is 1. The molecular formula is C17H23N4O4+. The summed E-state index contributed by atoms with van der Waals surface area (Å²) in [5.41, 5.74) is 0.287. The van der Waals surface area contributed by atoms with Crippen molar-refractivity contribution in [3.63, 3.8) is 0 Å². The van der Waals surface area contributed by atoms with Crippen LogP contribution in [0.2, 0.25) is 0 Å². The van der Waals surface area contributed by atoms with Gasteiger partial charge in [0, 0.05) is 19.2 Å². The highest BCUT2D eigenvalue weighted by molar-refractivity contribution is 6.32. The van der Waals surface area contributed by atoms with E-state index in [2.05, 4.69) is 10.3 Å². The topological polar surface area (TPSA) is 92.5 Å². The molecule has 0 aliphatic carbocycles. The summed E-state index contributed by atoms with van der Waals surface area (Å²) in [4.78, 5) is 43.2. The number of aliphatic imine (C=N–C) groups is 1. The first kappa shape index (κ1) is 18.6. The molecule has 2 N–H and O–H groups in total. The summed E-state index contributed by atoms with van der Waals surface area (Å²) >= 11 is 0. The van der Waals surface area contributed by atoms with Crippen LogP contribution in [0.5, 0.6) is 5.75 Å². The number of nitrogens with one attached hydrogen (secondary N) is 2. The lowest BCUT2D eigenvalue weighted by Gasteiger charge is -2.29. The van der Waals surface area contributed by atoms with E-state index in [1.165, 1.54) is 18.2 Å². The third-order valence-corrected chi connectivity index (χ3v) is 3.75. The largest absolute Gasteiger partial charge is 0.495 e. The number of carbonyl (C=O) groups is 3. The van der Waals surface area contributed by atoms with E-state index in [-0.39, 0.29) is 5.69 Å². The Kier molecular flexibility index (Phi) is 6.24. The number of carbonyl (C=O) groups excluding carboxylic acids is 3. The highest BCUT2D eigenvalue weighted by atomic mass is 16.5. The van der Waals surface area contributed by atoms with Crippen LogP contribution in [0.25, 0.3) is 0 Å². The molecule has 1 aliphatic heterocycles. The molecular weight excluding hydrogens is 324 g/mol. The Hall–Kier alpha value is -2.74. The normalized spacial score (nSPS) is 18.2. The zero-order valence-electron chi connectivity index (χ0n) is 14.6. The van der Waals surface area contributed by atoms with Crippen LogP contribution in [0, 0.1) is 5.92 Å². The van der Waals surface area contributed by atoms with Gasteiger partial charge in [0.25, 0.3) is 5.91 Å². The van der Waals surface area contributed by atoms with Gasteiger partial charge in [-0.15, -0.1) is 0 Å². The maximum absolute atomic E-state index is 12.7. The molecule has 1 aliphatic rings. The van der Waals surface area contributed by atoms with Crippen molar-refractivity contribution in [1.29, 1.82) is 0 Å². The number of urea groups is 1. The van der Waals surface area contributed by atoms with E-state index in [4.69, 9.17) is 4.74 Å². The van der Waals surface area contributed by atoms with E-state index < -0.39 is 23.8 Å². The van der Waals surface area contributed by atoms with E-state index in [1.807, 2.05) is 14.1 Å². The van der Waals surface area contributed by atoms with Gasteiger partial charge in [0.15, 0.2) is 5.92 Å². The number of hydrogen-bond donors (Lipinski definition) is 2. The summed E-state index contributed by atoms with van der Waals surface area (Å²) in [6, 6.07) is 5.84. The number of rotatable bonds is 7. The molecule has 1 saturated heterocycles. The summed E-state index contributed by atoms with van der Waals surface area (Å²) < 4.78 is 5.20. The summed E-state index contributed by atoms with van der Waals surface area (Å²) in [7, 11) is 5.53. The molecule has 1 aromatic carbocycles. The van der Waals surface area contributed by atoms with Gasteiger partial charge >= 0.3 is 6.03 Å². The van der Waals surface area contributed by atoms with E-state index in [0.717, 1.165) is 17.9 Å². The average molecular weight is 347 g/mol. The number of nitrogens with zero attached hydrogens (tertiary/aromatic N) is 2. The van der Waals surface area contributed by atoms with Gasteiger partial charge in [0.1, 0.15) is 5.75 Å². The van der Waals surface area contributed by atoms with Crippen LogP contribution >= 0.6 is 0 Å². The van der Waals surface area contributed by atoms with Gasteiger partial charge in [-0.1, -0.05) is 12.1 Å². The fraction of sp³-hybridized carbons (Fsp3) is 0.412. The lowest BCUT2D eigenvalue weighted by Crippen LogP contribution is -3.05. The monoisotopic (exact) mass is 347 g/mol. The highest BCUT2D eigenvalue weighted by Crippen LogP contribution is 2.30. The Bertz CT molecular complexity index is 687. The van der Waals surface area contributed by atoms with E-state index >= 15 is 0 Å². The van der Waals surface area contributed by atoms with Crippen LogP contribution in [-0.2, 0) is 9.59 Å². The number of quaternary nitrogens is 1. The molecule has 8 heteroatoms. The number of imide groups is 2. The van der Waals surface area contributed by atoms with Crippen molar-refractivity contribution in [2.75, 3.05) is 39.2 Å². The average Bonchev–Trinajstić information content (AvgIpc) is 2.57. The predicted molar refractivity (Wildman–Crippen MR) is 93.2 cm³/mol. The van der Waals surface area contributed by atoms with Crippen molar-refractivity contribution in [3.8, 4) is 5.75 Å². The minimum Gasteiger partial charge on any atom is -0.495 e. The van der Waals surface area contributed by atoms with E-state index in [9.17, 15) is 14.4 Å². The first-order chi connectivity index (χ1) is 12.0. The van der Waals surface area contributed by atoms with Crippen LogP contribution < -0.4 is 19.9 Å². The fourth-order valence-corrected chi connectivity index (χ4v) is 2.47. The number of barbiturate groups is 1. The van der Waals surface area contributed by atoms with Crippen molar-refractivity contribution >= 4 is 29.7 Å². The lowest BCUT2D eigenvalue weighted by atomic mass is 10.1. The van der Waals surface area contributed by atoms with Gasteiger partial charge in [-0.25, -0.2) is 9.69 Å². The molecule has 0 bridgehead atoms. The van der Waals surface area contributed by atoms with E-state index in [0.29, 0.717) is 12.3 Å². The minimum atomic E-state index is -1.13. The van der Waals surface area contributed by atoms with Crippen LogP contribution in [0.15, 0.2) is 29.3 Å². The Labute approximate surface area is 146 Å². The molecule has 1 heterocycles. The van der Waals surface area contributed by atoms with Gasteiger partial charge in [0.05, 0.1) is 33.4 Å². The number of hydrogen-bond acceptors (Lipinski definition) is 5. The second kappa shape index (κ2) is 8.39. The quantitative estimate of drug-likeness (QED) is 0.395. The zero-order valence-corrected chi connectivity index (χ0v) is 14.6. The molecule has 1 unspecified atom stereocenters. The minimum absolute atomic E-state index is 0.287. The van der Waals surface area contributed by atoms with Crippen molar-refractivity contribution in [3.05, 3.63) is 24.3 Å². The highest BCUT2D eigenvalue weighted by Gasteiger charge is 2.41. The lowest BCUT2D eigenvalue weighted by molar-refractivity contribution is -0.858. The maximum Gasteiger partial charge on any atom is 0.335 e. The van der Waals surface area contributed by atoms with Gasteiger partial charge < -0.3 is 9.64 Å². The molecule has 25 heavy (non-hydrogen) atoms. The second-order valence-electron chi connectivity index (χ2n) is 5.98. The summed E-state index contributed by atoms with van der Waals surface area (Å²) in [6.45, 7) is 1.46. The Morgan fingerprint density at radius 2 is 2.00 bits per heavy atom. The van der Waals surface area contributed by atoms with Crippen molar-refractivity contribution < 1.29 is 24.0 Å². The number of methoxy groups -OCH3 is 1. The summed E-state index contributed by atoms with van der Waals surface area (Å²) in [6.07, 6.45) is 2.16. The molecule has 1 aromatic rings. The Balaban J connectivity index is 2.17. The molecule has 2 rings (SSSR count). The smallest absolute Gasteiger partial charge is 0.335 e. The van der Waals surface area contributed by atoms with Crippen molar-refractivity contribution in [2.24, 2.45) is 10.9 Å². The van der Waals surface area contributed by atoms with Crippen molar-refractivity contribution in [1.82, 2.24) is 5.32 Å². The Morgan fingerprint density at radius 1 is 1.28 bits per heavy atom. The molecule has 0 spiro atoms. The fourth-order valence-electron chi connectivity index (χ4n) is 2.47. The SMILES string of the molecule is COc1ccccc1N1C(=O)NC(=O)C(C=NCCC[NH+](C)C)C1=O. The molecule has 1 fully saturated rings. The molecule has 8 nitrogen and oxygen atoms in total. The molecule has 134 valence electrons. The number of anilines is 1. The van der Waals surface area contributed by atoms with Gasteiger partial charge in [-0.2, -0.15) is 0 Å². The van der Waals surface area contributed by atoms with Gasteiger partial charge in [-0.3, -0.25) is 19.9 Å². The summed E-state index contributed by atoms with van der Waals surface area (Å²) in [5, 5.41) is 2.20. The number of para-hydroxylation sites is 2. The molecule has 0 radical (unpaired) electrons. The van der Waals surface area contributed by atoms with E-state index in [1.54, 1.807) is 24.3 Å². The third kappa shape index (κ3) is 4.42. The van der Waals surface area contributed by atoms with Crippen LogP contribution in [-0.4, -0.2) is 58.4 Å². The summed E-state index contributed by atoms with van der Waals surface area (Å²) in [5.74, 6) is -2.07. The van der Waals surface area contributed by atoms with Gasteiger partial charge in [0.2, 0.25) is 5.91 Å². The predicted octanol–water partition coefficient (Wildman–Crippen LogP) is -0.500. The molecule has 0 saturated carbocycles. The Morgan fingerprint density at radius 3 is 2.68 bits per heavy atom. The van der Waals surface area contributed by atoms with Gasteiger partial charge in [-0.05, 0) is 12.1 Å². The zero-order chi connectivity index (χ0) is 18.4. The third-order valence-electron chi connectivity index (χ3n) is 3.75. The standard InChI is InChI=1S/C17H22N4O4/c1-20(2)10-6-9-18-11-12-15(22)19-17(24)21(16(12)23)13-7-4-5-8-14(13)25-3/h4-5,7-8,11-12H,6,9-10H2,1-3H3,(H,19,22,24)/p+1. The molecule has 0 aromatic heterocycles. The van der Waals surface area contributed by atoms with Crippen molar-refractivity contribution in [2.45, 2.75) is 6.42 Å². The van der Waals surface area contributed by atoms with Crippen LogP contribution in [0.3, 0.4) is 0 Å². The first-order valence-electron chi connectivity index (χ1n) is 8.06. The molecule has 4 amide bonds. The number of amides is 4. The van der Waals surface area contributed by atoms with Crippen LogP contribution in [0.1, 0.15) is 6.42 Å². The van der Waals surface area contributed by atoms with Crippen LogP contribution in [0.4, 0.5) is 10.5 Å². The number of benzene rings is 1. The molecule has 1 atom stereocenters. The second-order valence-corrected chi connectivity index (χ2v) is 5.98. The maximum atomic E-state index is 12.7. The first-order valence-corrected chi connectivity index (χ1v) is 8.06.